The summed E-state index contributed by atoms with van der Waals surface area (Å²) in [6, 6.07) is 0. The fraction of sp³-hybridized carbons (Fsp3) is 1.00. The number of nitrogens with one attached hydrogen (secondary N) is 1. The summed E-state index contributed by atoms with van der Waals surface area (Å²) in [5.74, 6) is 1.19. The number of sulfone groups is 1. The Morgan fingerprint density at radius 2 is 1.93 bits per heavy atom. The summed E-state index contributed by atoms with van der Waals surface area (Å²) < 4.78 is 23.3. The fourth-order valence-electron chi connectivity index (χ4n) is 1.86. The lowest BCUT2D eigenvalue weighted by Crippen LogP contribution is -2.31. The number of rotatable bonds is 5. The molecule has 1 aliphatic heterocycles. The Labute approximate surface area is 87.2 Å². The third-order valence-corrected chi connectivity index (χ3v) is 4.65. The monoisotopic (exact) mass is 219 g/mol. The minimum atomic E-state index is -2.77. The van der Waals surface area contributed by atoms with Crippen LogP contribution in [0.1, 0.15) is 32.6 Å². The molecule has 1 fully saturated rings. The van der Waals surface area contributed by atoms with Crippen molar-refractivity contribution in [1.82, 2.24) is 5.32 Å². The molecule has 3 nitrogen and oxygen atoms in total. The van der Waals surface area contributed by atoms with Crippen LogP contribution >= 0.6 is 0 Å². The molecule has 0 aromatic rings. The van der Waals surface area contributed by atoms with Crippen molar-refractivity contribution < 1.29 is 8.42 Å². The molecule has 1 aliphatic rings. The van der Waals surface area contributed by atoms with E-state index in [2.05, 4.69) is 5.32 Å². The van der Waals surface area contributed by atoms with Crippen LogP contribution in [0.2, 0.25) is 0 Å². The lowest BCUT2D eigenvalue weighted by atomic mass is 10.0. The largest absolute Gasteiger partial charge is 0.317 e. The van der Waals surface area contributed by atoms with Gasteiger partial charge in [-0.25, -0.2) is 8.42 Å². The molecule has 0 saturated carbocycles. The average Bonchev–Trinajstić information content (AvgIpc) is 2.16. The quantitative estimate of drug-likeness (QED) is 0.756. The molecule has 0 aromatic heterocycles. The van der Waals surface area contributed by atoms with Crippen molar-refractivity contribution in [3.63, 3.8) is 0 Å². The second-order valence-electron chi connectivity index (χ2n) is 4.16. The molecule has 0 aliphatic carbocycles. The summed E-state index contributed by atoms with van der Waals surface area (Å²) in [4.78, 5) is 0. The standard InChI is InChI=1S/C10H21NO2S/c1-2-3-8-14(12,13)9-10-4-6-11-7-5-10/h10-11H,2-9H2,1H3. The van der Waals surface area contributed by atoms with Gasteiger partial charge in [-0.2, -0.15) is 0 Å². The van der Waals surface area contributed by atoms with Gasteiger partial charge in [-0.05, 0) is 38.3 Å². The van der Waals surface area contributed by atoms with Gasteiger partial charge in [0.2, 0.25) is 0 Å². The van der Waals surface area contributed by atoms with Crippen LogP contribution in [0.25, 0.3) is 0 Å². The Bertz CT molecular complexity index is 243. The molecule has 0 bridgehead atoms. The van der Waals surface area contributed by atoms with Crippen LogP contribution in [-0.2, 0) is 9.84 Å². The maximum Gasteiger partial charge on any atom is 0.150 e. The lowest BCUT2D eigenvalue weighted by Gasteiger charge is -2.22. The predicted octanol–water partition coefficient (Wildman–Crippen LogP) is 1.20. The predicted molar refractivity (Wildman–Crippen MR) is 59.2 cm³/mol. The molecule has 1 heterocycles. The first-order valence-corrected chi connectivity index (χ1v) is 7.37. The van der Waals surface area contributed by atoms with Crippen LogP contribution in [0.5, 0.6) is 0 Å². The number of unbranched alkanes of at least 4 members (excludes halogenated alkanes) is 1. The van der Waals surface area contributed by atoms with Gasteiger partial charge in [-0.15, -0.1) is 0 Å². The number of piperidine rings is 1. The maximum atomic E-state index is 11.6. The van der Waals surface area contributed by atoms with Crippen molar-refractivity contribution in [2.75, 3.05) is 24.6 Å². The lowest BCUT2D eigenvalue weighted by molar-refractivity contribution is 0.401. The molecule has 0 unspecified atom stereocenters. The van der Waals surface area contributed by atoms with E-state index >= 15 is 0 Å². The summed E-state index contributed by atoms with van der Waals surface area (Å²) in [5.41, 5.74) is 0. The van der Waals surface area contributed by atoms with E-state index in [1.807, 2.05) is 6.92 Å². The zero-order valence-electron chi connectivity index (χ0n) is 8.96. The second-order valence-corrected chi connectivity index (χ2v) is 6.39. The van der Waals surface area contributed by atoms with Crippen LogP contribution in [0.4, 0.5) is 0 Å². The molecular weight excluding hydrogens is 198 g/mol. The highest BCUT2D eigenvalue weighted by Gasteiger charge is 2.20. The first-order chi connectivity index (χ1) is 6.64. The van der Waals surface area contributed by atoms with Crippen molar-refractivity contribution in [3.05, 3.63) is 0 Å². The number of hydrogen-bond donors (Lipinski definition) is 1. The molecule has 0 aromatic carbocycles. The summed E-state index contributed by atoms with van der Waals surface area (Å²) >= 11 is 0. The van der Waals surface area contributed by atoms with E-state index in [1.165, 1.54) is 0 Å². The zero-order chi connectivity index (χ0) is 10.4. The van der Waals surface area contributed by atoms with Gasteiger partial charge in [-0.3, -0.25) is 0 Å². The fourth-order valence-corrected chi connectivity index (χ4v) is 3.80. The van der Waals surface area contributed by atoms with Gasteiger partial charge in [0.25, 0.3) is 0 Å². The van der Waals surface area contributed by atoms with Crippen molar-refractivity contribution in [2.45, 2.75) is 32.6 Å². The van der Waals surface area contributed by atoms with E-state index in [9.17, 15) is 8.42 Å². The van der Waals surface area contributed by atoms with Gasteiger partial charge in [0.1, 0.15) is 0 Å². The Morgan fingerprint density at radius 3 is 2.50 bits per heavy atom. The van der Waals surface area contributed by atoms with Crippen LogP contribution in [0, 0.1) is 5.92 Å². The van der Waals surface area contributed by atoms with Gasteiger partial charge in [0.15, 0.2) is 9.84 Å². The normalized spacial score (nSPS) is 19.8. The van der Waals surface area contributed by atoms with Crippen LogP contribution in [0.3, 0.4) is 0 Å². The van der Waals surface area contributed by atoms with Crippen molar-refractivity contribution in [1.29, 1.82) is 0 Å². The SMILES string of the molecule is CCCCS(=O)(=O)CC1CCNCC1. The minimum absolute atomic E-state index is 0.382. The molecule has 84 valence electrons. The molecule has 1 rings (SSSR count). The molecule has 0 radical (unpaired) electrons. The molecule has 14 heavy (non-hydrogen) atoms. The Kier molecular flexibility index (Phi) is 4.89. The molecule has 1 saturated heterocycles. The van der Waals surface area contributed by atoms with Gasteiger partial charge < -0.3 is 5.32 Å². The minimum Gasteiger partial charge on any atom is -0.317 e. The first kappa shape index (κ1) is 12.0. The summed E-state index contributed by atoms with van der Waals surface area (Å²) in [6.45, 7) is 3.99. The maximum absolute atomic E-state index is 11.6. The third-order valence-electron chi connectivity index (χ3n) is 2.76. The molecule has 4 heteroatoms. The van der Waals surface area contributed by atoms with E-state index in [0.29, 0.717) is 17.4 Å². The molecule has 0 atom stereocenters. The second kappa shape index (κ2) is 5.71. The van der Waals surface area contributed by atoms with Gasteiger partial charge in [0.05, 0.1) is 11.5 Å². The van der Waals surface area contributed by atoms with Gasteiger partial charge >= 0.3 is 0 Å². The molecule has 0 spiro atoms. The van der Waals surface area contributed by atoms with Crippen LogP contribution in [-0.4, -0.2) is 33.0 Å². The van der Waals surface area contributed by atoms with E-state index in [4.69, 9.17) is 0 Å². The smallest absolute Gasteiger partial charge is 0.150 e. The number of hydrogen-bond acceptors (Lipinski definition) is 3. The Morgan fingerprint density at radius 1 is 1.29 bits per heavy atom. The van der Waals surface area contributed by atoms with E-state index in [1.54, 1.807) is 0 Å². The third kappa shape index (κ3) is 4.42. The van der Waals surface area contributed by atoms with Gasteiger partial charge in [0, 0.05) is 0 Å². The average molecular weight is 219 g/mol. The first-order valence-electron chi connectivity index (χ1n) is 5.55. The van der Waals surface area contributed by atoms with E-state index < -0.39 is 9.84 Å². The highest BCUT2D eigenvalue weighted by molar-refractivity contribution is 7.91. The Balaban J connectivity index is 2.33. The summed E-state index contributed by atoms with van der Waals surface area (Å²) in [6.07, 6.45) is 3.81. The van der Waals surface area contributed by atoms with Crippen molar-refractivity contribution in [3.8, 4) is 0 Å². The van der Waals surface area contributed by atoms with Gasteiger partial charge in [-0.1, -0.05) is 13.3 Å². The summed E-state index contributed by atoms with van der Waals surface area (Å²) in [5, 5.41) is 3.25. The van der Waals surface area contributed by atoms with Crippen molar-refractivity contribution >= 4 is 9.84 Å². The van der Waals surface area contributed by atoms with Crippen LogP contribution < -0.4 is 5.32 Å². The van der Waals surface area contributed by atoms with Crippen LogP contribution in [0.15, 0.2) is 0 Å². The zero-order valence-corrected chi connectivity index (χ0v) is 9.78. The van der Waals surface area contributed by atoms with Crippen molar-refractivity contribution in [2.24, 2.45) is 5.92 Å². The highest BCUT2D eigenvalue weighted by Crippen LogP contribution is 2.15. The molecular formula is C10H21NO2S. The van der Waals surface area contributed by atoms with E-state index in [-0.39, 0.29) is 0 Å². The topological polar surface area (TPSA) is 46.2 Å². The molecule has 0 amide bonds. The highest BCUT2D eigenvalue weighted by atomic mass is 32.2. The molecule has 1 N–H and O–H groups in total. The summed E-state index contributed by atoms with van der Waals surface area (Å²) in [7, 11) is -2.77. The Hall–Kier alpha value is -0.0900. The van der Waals surface area contributed by atoms with E-state index in [0.717, 1.165) is 38.8 Å².